The summed E-state index contributed by atoms with van der Waals surface area (Å²) < 4.78 is 12.9. The summed E-state index contributed by atoms with van der Waals surface area (Å²) in [5.41, 5.74) is 7.25. The van der Waals surface area contributed by atoms with E-state index in [-0.39, 0.29) is 5.56 Å². The van der Waals surface area contributed by atoms with E-state index in [1.807, 2.05) is 12.1 Å². The number of amides is 1. The molecule has 5 heteroatoms. The molecular weight excluding hydrogens is 233 g/mol. The van der Waals surface area contributed by atoms with Crippen LogP contribution in [0.25, 0.3) is 0 Å². The van der Waals surface area contributed by atoms with Crippen LogP contribution in [0.15, 0.2) is 42.7 Å². The molecule has 0 unspecified atom stereocenters. The molecule has 1 amide bonds. The summed E-state index contributed by atoms with van der Waals surface area (Å²) in [4.78, 5) is 15.4. The third-order valence-electron chi connectivity index (χ3n) is 2.41. The second kappa shape index (κ2) is 5.37. The minimum Gasteiger partial charge on any atom is -0.326 e. The topological polar surface area (TPSA) is 68.0 Å². The number of benzene rings is 1. The second-order valence-electron chi connectivity index (χ2n) is 3.75. The third kappa shape index (κ3) is 2.89. The number of hydrogen-bond donors (Lipinski definition) is 2. The highest BCUT2D eigenvalue weighted by atomic mass is 19.1. The van der Waals surface area contributed by atoms with E-state index in [1.54, 1.807) is 12.1 Å². The highest BCUT2D eigenvalue weighted by molar-refractivity contribution is 6.04. The Bertz CT molecular complexity index is 554. The van der Waals surface area contributed by atoms with Crippen molar-refractivity contribution in [3.63, 3.8) is 0 Å². The Hall–Kier alpha value is -2.27. The third-order valence-corrected chi connectivity index (χ3v) is 2.41. The first-order valence-corrected chi connectivity index (χ1v) is 5.40. The van der Waals surface area contributed by atoms with Crippen LogP contribution in [-0.4, -0.2) is 10.9 Å². The Balaban J connectivity index is 2.11. The Labute approximate surface area is 104 Å². The fourth-order valence-corrected chi connectivity index (χ4v) is 1.46. The van der Waals surface area contributed by atoms with Crippen molar-refractivity contribution in [3.8, 4) is 0 Å². The van der Waals surface area contributed by atoms with Crippen LogP contribution in [0.2, 0.25) is 0 Å². The van der Waals surface area contributed by atoms with Crippen LogP contribution in [0.3, 0.4) is 0 Å². The fraction of sp³-hybridized carbons (Fsp3) is 0.0769. The molecule has 0 aliphatic carbocycles. The Morgan fingerprint density at radius 1 is 1.28 bits per heavy atom. The second-order valence-corrected chi connectivity index (χ2v) is 3.75. The molecule has 0 saturated carbocycles. The first-order chi connectivity index (χ1) is 8.69. The van der Waals surface area contributed by atoms with Crippen molar-refractivity contribution in [2.24, 2.45) is 5.73 Å². The summed E-state index contributed by atoms with van der Waals surface area (Å²) in [6, 6.07) is 8.26. The van der Waals surface area contributed by atoms with Gasteiger partial charge in [0.25, 0.3) is 5.91 Å². The van der Waals surface area contributed by atoms with Crippen molar-refractivity contribution in [3.05, 3.63) is 59.7 Å². The zero-order chi connectivity index (χ0) is 13.0. The molecule has 0 atom stereocenters. The summed E-state index contributed by atoms with van der Waals surface area (Å²) in [6.07, 6.45) is 2.36. The molecule has 0 aliphatic rings. The molecule has 0 fully saturated rings. The number of nitrogens with two attached hydrogens (primary N) is 1. The number of halogens is 1. The van der Waals surface area contributed by atoms with Crippen molar-refractivity contribution < 1.29 is 9.18 Å². The lowest BCUT2D eigenvalue weighted by Crippen LogP contribution is -2.12. The van der Waals surface area contributed by atoms with E-state index >= 15 is 0 Å². The van der Waals surface area contributed by atoms with Gasteiger partial charge in [0, 0.05) is 18.4 Å². The van der Waals surface area contributed by atoms with Gasteiger partial charge in [-0.1, -0.05) is 12.1 Å². The number of carbonyl (C=O) groups excluding carboxylic acids is 1. The summed E-state index contributed by atoms with van der Waals surface area (Å²) in [7, 11) is 0. The lowest BCUT2D eigenvalue weighted by atomic mass is 10.2. The first kappa shape index (κ1) is 12.2. The predicted octanol–water partition coefficient (Wildman–Crippen LogP) is 1.93. The number of rotatable bonds is 3. The van der Waals surface area contributed by atoms with Crippen molar-refractivity contribution in [2.75, 3.05) is 5.32 Å². The van der Waals surface area contributed by atoms with E-state index in [2.05, 4.69) is 10.3 Å². The van der Waals surface area contributed by atoms with Gasteiger partial charge in [0.1, 0.15) is 5.82 Å². The maximum absolute atomic E-state index is 12.9. The SMILES string of the molecule is NCc1ccc(NC(=O)c2cncc(F)c2)cc1. The Morgan fingerprint density at radius 2 is 2.00 bits per heavy atom. The highest BCUT2D eigenvalue weighted by Gasteiger charge is 2.07. The summed E-state index contributed by atoms with van der Waals surface area (Å²) >= 11 is 0. The number of hydrogen-bond acceptors (Lipinski definition) is 3. The number of pyridine rings is 1. The number of carbonyl (C=O) groups is 1. The molecule has 0 radical (unpaired) electrons. The van der Waals surface area contributed by atoms with Gasteiger partial charge in [-0.25, -0.2) is 4.39 Å². The van der Waals surface area contributed by atoms with Crippen LogP contribution >= 0.6 is 0 Å². The van der Waals surface area contributed by atoms with E-state index < -0.39 is 11.7 Å². The molecule has 0 saturated heterocycles. The molecule has 0 aliphatic heterocycles. The number of aromatic nitrogens is 1. The molecule has 3 N–H and O–H groups in total. The summed E-state index contributed by atoms with van der Waals surface area (Å²) in [6.45, 7) is 0.446. The Kier molecular flexibility index (Phi) is 3.64. The summed E-state index contributed by atoms with van der Waals surface area (Å²) in [5, 5.41) is 2.65. The zero-order valence-corrected chi connectivity index (χ0v) is 9.56. The highest BCUT2D eigenvalue weighted by Crippen LogP contribution is 2.11. The van der Waals surface area contributed by atoms with Crippen LogP contribution in [-0.2, 0) is 6.54 Å². The van der Waals surface area contributed by atoms with Crippen LogP contribution in [0.1, 0.15) is 15.9 Å². The molecule has 1 aromatic carbocycles. The van der Waals surface area contributed by atoms with E-state index in [4.69, 9.17) is 5.73 Å². The van der Waals surface area contributed by atoms with Crippen molar-refractivity contribution in [1.82, 2.24) is 4.98 Å². The van der Waals surface area contributed by atoms with E-state index in [0.717, 1.165) is 17.8 Å². The molecule has 18 heavy (non-hydrogen) atoms. The lowest BCUT2D eigenvalue weighted by Gasteiger charge is -2.05. The predicted molar refractivity (Wildman–Crippen MR) is 66.5 cm³/mol. The smallest absolute Gasteiger partial charge is 0.257 e. The molecule has 2 rings (SSSR count). The van der Waals surface area contributed by atoms with Crippen molar-refractivity contribution in [2.45, 2.75) is 6.54 Å². The maximum atomic E-state index is 12.9. The molecule has 0 spiro atoms. The number of nitrogens with one attached hydrogen (secondary N) is 1. The van der Waals surface area contributed by atoms with Gasteiger partial charge in [-0.05, 0) is 23.8 Å². The van der Waals surface area contributed by atoms with Crippen LogP contribution in [0.4, 0.5) is 10.1 Å². The fourth-order valence-electron chi connectivity index (χ4n) is 1.46. The monoisotopic (exact) mass is 245 g/mol. The van der Waals surface area contributed by atoms with Crippen LogP contribution in [0, 0.1) is 5.82 Å². The molecule has 4 nitrogen and oxygen atoms in total. The van der Waals surface area contributed by atoms with Gasteiger partial charge < -0.3 is 11.1 Å². The van der Waals surface area contributed by atoms with E-state index in [9.17, 15) is 9.18 Å². The zero-order valence-electron chi connectivity index (χ0n) is 9.56. The molecule has 1 heterocycles. The average Bonchev–Trinajstić information content (AvgIpc) is 2.39. The van der Waals surface area contributed by atoms with Gasteiger partial charge in [0.2, 0.25) is 0 Å². The quantitative estimate of drug-likeness (QED) is 0.868. The standard InChI is InChI=1S/C13H12FN3O/c14-11-5-10(7-16-8-11)13(18)17-12-3-1-9(6-15)2-4-12/h1-5,7-8H,6,15H2,(H,17,18). The molecule has 0 bridgehead atoms. The minimum absolute atomic E-state index is 0.179. The van der Waals surface area contributed by atoms with Crippen molar-refractivity contribution in [1.29, 1.82) is 0 Å². The van der Waals surface area contributed by atoms with Crippen molar-refractivity contribution >= 4 is 11.6 Å². The molecular formula is C13H12FN3O. The van der Waals surface area contributed by atoms with E-state index in [0.29, 0.717) is 12.2 Å². The molecule has 2 aromatic rings. The first-order valence-electron chi connectivity index (χ1n) is 5.40. The molecule has 1 aromatic heterocycles. The van der Waals surface area contributed by atoms with Crippen LogP contribution < -0.4 is 11.1 Å². The van der Waals surface area contributed by atoms with E-state index in [1.165, 1.54) is 6.20 Å². The van der Waals surface area contributed by atoms with Gasteiger partial charge in [0.05, 0.1) is 11.8 Å². The number of nitrogens with zero attached hydrogens (tertiary/aromatic N) is 1. The maximum Gasteiger partial charge on any atom is 0.257 e. The van der Waals surface area contributed by atoms with Gasteiger partial charge >= 0.3 is 0 Å². The van der Waals surface area contributed by atoms with Gasteiger partial charge in [0.15, 0.2) is 0 Å². The van der Waals surface area contributed by atoms with Crippen LogP contribution in [0.5, 0.6) is 0 Å². The lowest BCUT2D eigenvalue weighted by molar-refractivity contribution is 0.102. The van der Waals surface area contributed by atoms with Gasteiger partial charge in [-0.2, -0.15) is 0 Å². The van der Waals surface area contributed by atoms with Gasteiger partial charge in [-0.15, -0.1) is 0 Å². The average molecular weight is 245 g/mol. The Morgan fingerprint density at radius 3 is 2.61 bits per heavy atom. The summed E-state index contributed by atoms with van der Waals surface area (Å²) in [5.74, 6) is -0.941. The normalized spacial score (nSPS) is 10.1. The number of anilines is 1. The molecule has 92 valence electrons. The van der Waals surface area contributed by atoms with Gasteiger partial charge in [-0.3, -0.25) is 9.78 Å². The minimum atomic E-state index is -0.541. The largest absolute Gasteiger partial charge is 0.326 e.